The smallest absolute Gasteiger partial charge is 0.458 e. The van der Waals surface area contributed by atoms with E-state index in [0.29, 0.717) is 13.0 Å². The maximum Gasteiger partial charge on any atom is 0.509 e. The van der Waals surface area contributed by atoms with Crippen molar-refractivity contribution in [3.05, 3.63) is 0 Å². The number of rotatable bonds is 13. The van der Waals surface area contributed by atoms with Gasteiger partial charge in [0.15, 0.2) is 36.7 Å². The number of esters is 1. The van der Waals surface area contributed by atoms with E-state index >= 15 is 0 Å². The molecule has 0 radical (unpaired) electrons. The Labute approximate surface area is 417 Å². The van der Waals surface area contributed by atoms with E-state index in [4.69, 9.17) is 52.1 Å². The molecule has 0 aromatic heterocycles. The Balaban J connectivity index is 1.43. The minimum Gasteiger partial charge on any atom is -0.458 e. The Morgan fingerprint density at radius 3 is 2.18 bits per heavy atom. The van der Waals surface area contributed by atoms with E-state index < -0.39 is 146 Å². The van der Waals surface area contributed by atoms with E-state index in [0.717, 1.165) is 0 Å². The number of alkyl carbamates (subject to hydrolysis) is 1. The van der Waals surface area contributed by atoms with E-state index in [1.165, 1.54) is 7.11 Å². The number of ether oxygens (including phenoxy) is 11. The van der Waals surface area contributed by atoms with Gasteiger partial charge in [-0.2, -0.15) is 0 Å². The molecule has 0 unspecified atom stereocenters. The van der Waals surface area contributed by atoms with Crippen LogP contribution in [0.3, 0.4) is 0 Å². The quantitative estimate of drug-likeness (QED) is 0.0757. The van der Waals surface area contributed by atoms with Crippen LogP contribution in [0, 0.1) is 17.8 Å². The van der Waals surface area contributed by atoms with Gasteiger partial charge in [0, 0.05) is 44.6 Å². The summed E-state index contributed by atoms with van der Waals surface area (Å²) in [6, 6.07) is -0.750. The van der Waals surface area contributed by atoms with Crippen molar-refractivity contribution in [3.8, 4) is 0 Å². The summed E-state index contributed by atoms with van der Waals surface area (Å²) < 4.78 is 67.1. The van der Waals surface area contributed by atoms with Gasteiger partial charge in [0.05, 0.1) is 49.1 Å². The maximum absolute atomic E-state index is 14.7. The number of cyclic esters (lactones) is 1. The molecule has 0 aromatic rings. The lowest BCUT2D eigenvalue weighted by Gasteiger charge is -2.49. The molecule has 5 heterocycles. The molecule has 0 bridgehead atoms. The summed E-state index contributed by atoms with van der Waals surface area (Å²) in [6.07, 6.45) is -17.9. The van der Waals surface area contributed by atoms with Crippen molar-refractivity contribution in [2.75, 3.05) is 54.6 Å². The van der Waals surface area contributed by atoms with Crippen molar-refractivity contribution < 1.29 is 97.1 Å². The van der Waals surface area contributed by atoms with Crippen LogP contribution in [0.25, 0.3) is 0 Å². The van der Waals surface area contributed by atoms with Crippen LogP contribution in [-0.2, 0) is 56.9 Å². The number of nitrogens with one attached hydrogen (secondary N) is 1. The first-order chi connectivity index (χ1) is 33.1. The average molecular weight is 1020 g/mol. The zero-order valence-electron chi connectivity index (χ0n) is 44.0. The van der Waals surface area contributed by atoms with Gasteiger partial charge < -0.3 is 93.0 Å². The molecule has 5 fully saturated rings. The first-order valence-electron chi connectivity index (χ1n) is 25.0. The number of amides is 1. The van der Waals surface area contributed by atoms with Gasteiger partial charge in [-0.1, -0.05) is 20.8 Å². The predicted octanol–water partition coefficient (Wildman–Crippen LogP) is 0.633. The highest BCUT2D eigenvalue weighted by Crippen LogP contribution is 2.42. The third-order valence-electron chi connectivity index (χ3n) is 15.4. The normalized spacial score (nSPS) is 46.5. The van der Waals surface area contributed by atoms with Crippen molar-refractivity contribution in [1.82, 2.24) is 15.1 Å². The average Bonchev–Trinajstić information content (AvgIpc) is 3.61. The molecule has 23 heteroatoms. The summed E-state index contributed by atoms with van der Waals surface area (Å²) in [6.45, 7) is 17.2. The van der Waals surface area contributed by atoms with Crippen LogP contribution in [0.1, 0.15) is 94.9 Å². The number of methoxy groups -OCH3 is 1. The van der Waals surface area contributed by atoms with Gasteiger partial charge in [-0.3, -0.25) is 9.69 Å². The van der Waals surface area contributed by atoms with Gasteiger partial charge in [-0.15, -0.1) is 0 Å². The molecule has 0 spiro atoms. The molecule has 23 nitrogen and oxygen atoms in total. The zero-order valence-corrected chi connectivity index (χ0v) is 44.0. The molecule has 0 saturated carbocycles. The predicted molar refractivity (Wildman–Crippen MR) is 249 cm³/mol. The summed E-state index contributed by atoms with van der Waals surface area (Å²) in [7, 11) is 7.05. The van der Waals surface area contributed by atoms with E-state index in [2.05, 4.69) is 5.32 Å². The standard InChI is InChI=1S/C48H85N3O20/c1-15-31-48(10)39(70-45(59)71-48)27(6)51(13)21-23(2)19-46(8,60)38(68-43-33(53)29(50(11)12)18-24(3)63-43)25(4)37(26(5)41(57)66-31)67-32-20-47(9,61-14)40(28(7)64-32)69-44(58)49-16-17-62-42-36(56)35(55)34(54)30(22-52)65-42/h23-40,42-43,52-56,60H,15-22H2,1-14H3,(H,49,58)/t23-,24-,25-,26-,27-,28+,29+,30-,31-,32+,33-,34+,35+,36-,37-,38-,39-,40+,42-,43+,46-,47-,48-/m1/s1. The van der Waals surface area contributed by atoms with Crippen LogP contribution < -0.4 is 5.32 Å². The topological polar surface area (TPSA) is 293 Å². The second-order valence-electron chi connectivity index (χ2n) is 21.4. The Kier molecular flexibility index (Phi) is 20.4. The summed E-state index contributed by atoms with van der Waals surface area (Å²) in [5, 5.41) is 67.0. The second kappa shape index (κ2) is 24.4. The second-order valence-corrected chi connectivity index (χ2v) is 21.4. The van der Waals surface area contributed by atoms with Gasteiger partial charge in [0.2, 0.25) is 0 Å². The van der Waals surface area contributed by atoms with Crippen LogP contribution in [-0.4, -0.2) is 234 Å². The molecule has 5 saturated heterocycles. The van der Waals surface area contributed by atoms with Crippen LogP contribution in [0.4, 0.5) is 9.59 Å². The lowest BCUT2D eigenvalue weighted by molar-refractivity contribution is -0.317. The number of likely N-dealkylation sites (N-methyl/N-ethyl adjacent to an activating group) is 2. The number of fused-ring (bicyclic) bond motifs is 1. The van der Waals surface area contributed by atoms with Gasteiger partial charge >= 0.3 is 18.2 Å². The lowest BCUT2D eigenvalue weighted by Crippen LogP contribution is -2.61. The van der Waals surface area contributed by atoms with Crippen LogP contribution in [0.5, 0.6) is 0 Å². The lowest BCUT2D eigenvalue weighted by atomic mass is 9.77. The Hall–Kier alpha value is -2.59. The molecular formula is C48H85N3O20. The largest absolute Gasteiger partial charge is 0.509 e. The van der Waals surface area contributed by atoms with E-state index in [1.54, 1.807) is 41.5 Å². The highest BCUT2D eigenvalue weighted by molar-refractivity contribution is 5.73. The van der Waals surface area contributed by atoms with Crippen LogP contribution in [0.2, 0.25) is 0 Å². The fourth-order valence-electron chi connectivity index (χ4n) is 11.2. The minimum atomic E-state index is -1.65. The number of nitrogens with zero attached hydrogens (tertiary/aromatic N) is 2. The van der Waals surface area contributed by atoms with Crippen LogP contribution in [0.15, 0.2) is 0 Å². The SMILES string of the molecule is CC[C@H]1OC(=O)[C@H](C)[C@H](O[C@H]2C[C@@](C)(OC)[C@@H](OC(=O)NCCO[C@@H]3O[C@H](CO)[C@H](O)[C@H](O)[C@H]3O)[C@H](C)O2)[C@@H](C)[C@@H](O[C@@H]2O[C@H](C)C[C@H](N(C)C)[C@H]2O)[C@](C)(O)C[C@@H](C)CN(C)[C@H](C)[C@H]2OC(=O)O[C@@]21C. The molecular weight excluding hydrogens is 939 g/mol. The number of carbonyl (C=O) groups excluding carboxylic acids is 3. The molecule has 0 aliphatic carbocycles. The molecule has 412 valence electrons. The summed E-state index contributed by atoms with van der Waals surface area (Å²) in [5.74, 6) is -2.86. The van der Waals surface area contributed by atoms with Gasteiger partial charge in [0.1, 0.15) is 42.2 Å². The zero-order chi connectivity index (χ0) is 53.1. The first kappa shape index (κ1) is 59.3. The fourth-order valence-corrected chi connectivity index (χ4v) is 11.2. The van der Waals surface area contributed by atoms with Crippen LogP contribution >= 0.6 is 0 Å². The molecule has 5 aliphatic heterocycles. The molecule has 71 heavy (non-hydrogen) atoms. The van der Waals surface area contributed by atoms with Crippen molar-refractivity contribution in [1.29, 1.82) is 0 Å². The maximum atomic E-state index is 14.7. The Morgan fingerprint density at radius 2 is 1.56 bits per heavy atom. The molecule has 5 rings (SSSR count). The summed E-state index contributed by atoms with van der Waals surface area (Å²) in [4.78, 5) is 44.8. The molecule has 23 atom stereocenters. The number of hydrogen-bond acceptors (Lipinski definition) is 22. The van der Waals surface area contributed by atoms with E-state index in [1.807, 2.05) is 58.6 Å². The molecule has 7 N–H and O–H groups in total. The third-order valence-corrected chi connectivity index (χ3v) is 15.4. The van der Waals surface area contributed by atoms with Crippen molar-refractivity contribution in [3.63, 3.8) is 0 Å². The number of aliphatic hydroxyl groups excluding tert-OH is 5. The molecule has 1 amide bonds. The number of hydrogen-bond donors (Lipinski definition) is 7. The van der Waals surface area contributed by atoms with Gasteiger partial charge in [0.25, 0.3) is 0 Å². The van der Waals surface area contributed by atoms with Crippen molar-refractivity contribution >= 4 is 18.2 Å². The highest BCUT2D eigenvalue weighted by atomic mass is 16.8. The molecule has 0 aromatic carbocycles. The van der Waals surface area contributed by atoms with Gasteiger partial charge in [-0.25, -0.2) is 9.59 Å². The number of aliphatic hydroxyl groups is 6. The number of carbonyl (C=O) groups is 3. The Bertz CT molecular complexity index is 1750. The minimum absolute atomic E-state index is 0.0305. The van der Waals surface area contributed by atoms with Gasteiger partial charge in [-0.05, 0) is 94.8 Å². The first-order valence-corrected chi connectivity index (χ1v) is 25.0. The van der Waals surface area contributed by atoms with Crippen molar-refractivity contribution in [2.24, 2.45) is 17.8 Å². The highest BCUT2D eigenvalue weighted by Gasteiger charge is 2.59. The fraction of sp³-hybridized carbons (Fsp3) is 0.938. The van der Waals surface area contributed by atoms with E-state index in [9.17, 15) is 45.0 Å². The third kappa shape index (κ3) is 13.5. The Morgan fingerprint density at radius 1 is 0.887 bits per heavy atom. The summed E-state index contributed by atoms with van der Waals surface area (Å²) in [5.41, 5.74) is -4.28. The van der Waals surface area contributed by atoms with E-state index in [-0.39, 0.29) is 50.5 Å². The molecule has 5 aliphatic rings. The summed E-state index contributed by atoms with van der Waals surface area (Å²) >= 11 is 0. The van der Waals surface area contributed by atoms with Crippen molar-refractivity contribution in [2.45, 2.75) is 216 Å². The monoisotopic (exact) mass is 1020 g/mol.